The van der Waals surface area contributed by atoms with Crippen LogP contribution in [0.15, 0.2) is 40.9 Å². The Hall–Kier alpha value is -2.21. The Morgan fingerprint density at radius 2 is 1.88 bits per heavy atom. The lowest BCUT2D eigenvalue weighted by atomic mass is 10.1. The zero-order valence-corrected chi connectivity index (χ0v) is 16.6. The van der Waals surface area contributed by atoms with Crippen molar-refractivity contribution in [1.29, 1.82) is 0 Å². The molecule has 0 bridgehead atoms. The molecule has 0 spiro atoms. The van der Waals surface area contributed by atoms with E-state index in [-0.39, 0.29) is 11.9 Å². The number of halogens is 1. The Bertz CT molecular complexity index is 775. The number of benzene rings is 2. The highest BCUT2D eigenvalue weighted by Crippen LogP contribution is 2.38. The summed E-state index contributed by atoms with van der Waals surface area (Å²) in [6, 6.07) is 11.6. The van der Waals surface area contributed by atoms with Crippen molar-refractivity contribution in [2.75, 3.05) is 18.5 Å². The van der Waals surface area contributed by atoms with Crippen LogP contribution in [0, 0.1) is 0 Å². The summed E-state index contributed by atoms with van der Waals surface area (Å²) >= 11 is 3.56. The van der Waals surface area contributed by atoms with Crippen LogP contribution in [0.2, 0.25) is 0 Å². The second kappa shape index (κ2) is 8.45. The van der Waals surface area contributed by atoms with Crippen LogP contribution >= 0.6 is 15.9 Å². The Balaban J connectivity index is 1.65. The standard InChI is InChI=1S/C20H23BrN2O3/c1-13(2)23-20(24)15-4-6-16(7-5-15)22-12-14-10-17(21)19-18(11-14)25-8-3-9-26-19/h4-7,10-11,13,22H,3,8-9,12H2,1-2H3,(H,23,24). The molecule has 0 aromatic heterocycles. The Morgan fingerprint density at radius 1 is 1.15 bits per heavy atom. The maximum absolute atomic E-state index is 12.0. The number of carbonyl (C=O) groups excluding carboxylic acids is 1. The van der Waals surface area contributed by atoms with Gasteiger partial charge in [0, 0.05) is 30.3 Å². The number of ether oxygens (including phenoxy) is 2. The van der Waals surface area contributed by atoms with E-state index in [1.54, 1.807) is 0 Å². The molecule has 5 nitrogen and oxygen atoms in total. The van der Waals surface area contributed by atoms with Gasteiger partial charge in [0.1, 0.15) is 0 Å². The van der Waals surface area contributed by atoms with Gasteiger partial charge in [0.25, 0.3) is 5.91 Å². The van der Waals surface area contributed by atoms with Crippen molar-refractivity contribution >= 4 is 27.5 Å². The van der Waals surface area contributed by atoms with Gasteiger partial charge in [-0.05, 0) is 71.7 Å². The van der Waals surface area contributed by atoms with Gasteiger partial charge in [-0.25, -0.2) is 0 Å². The van der Waals surface area contributed by atoms with Crippen LogP contribution in [0.5, 0.6) is 11.5 Å². The molecule has 0 radical (unpaired) electrons. The van der Waals surface area contributed by atoms with Gasteiger partial charge >= 0.3 is 0 Å². The maximum atomic E-state index is 12.0. The molecule has 1 aliphatic rings. The lowest BCUT2D eigenvalue weighted by molar-refractivity contribution is 0.0943. The second-order valence-corrected chi connectivity index (χ2v) is 7.37. The number of nitrogens with one attached hydrogen (secondary N) is 2. The summed E-state index contributed by atoms with van der Waals surface area (Å²) in [4.78, 5) is 12.0. The van der Waals surface area contributed by atoms with E-state index in [1.807, 2.05) is 50.2 Å². The van der Waals surface area contributed by atoms with E-state index in [2.05, 4.69) is 26.6 Å². The van der Waals surface area contributed by atoms with Gasteiger partial charge in [-0.3, -0.25) is 4.79 Å². The number of fused-ring (bicyclic) bond motifs is 1. The zero-order chi connectivity index (χ0) is 18.5. The van der Waals surface area contributed by atoms with Crippen LogP contribution in [-0.2, 0) is 6.54 Å². The molecule has 1 heterocycles. The molecule has 138 valence electrons. The predicted molar refractivity (Wildman–Crippen MR) is 106 cm³/mol. The Labute approximate surface area is 162 Å². The summed E-state index contributed by atoms with van der Waals surface area (Å²) in [7, 11) is 0. The lowest BCUT2D eigenvalue weighted by Crippen LogP contribution is -2.29. The van der Waals surface area contributed by atoms with Crippen molar-refractivity contribution in [3.8, 4) is 11.5 Å². The minimum atomic E-state index is -0.0571. The normalized spacial score (nSPS) is 13.2. The molecular weight excluding hydrogens is 396 g/mol. The number of carbonyl (C=O) groups is 1. The summed E-state index contributed by atoms with van der Waals surface area (Å²) in [6.07, 6.45) is 0.880. The average molecular weight is 419 g/mol. The molecule has 1 aliphatic heterocycles. The molecular formula is C20H23BrN2O3. The first-order valence-corrected chi connectivity index (χ1v) is 9.55. The molecule has 2 aromatic carbocycles. The van der Waals surface area contributed by atoms with Crippen LogP contribution in [0.25, 0.3) is 0 Å². The van der Waals surface area contributed by atoms with E-state index in [0.717, 1.165) is 33.6 Å². The Kier molecular flexibility index (Phi) is 6.04. The predicted octanol–water partition coefficient (Wildman–Crippen LogP) is 4.36. The molecule has 6 heteroatoms. The SMILES string of the molecule is CC(C)NC(=O)c1ccc(NCc2cc(Br)c3c(c2)OCCCO3)cc1. The first-order valence-electron chi connectivity index (χ1n) is 8.76. The third kappa shape index (κ3) is 4.69. The third-order valence-corrected chi connectivity index (χ3v) is 4.51. The van der Waals surface area contributed by atoms with Crippen molar-refractivity contribution in [3.63, 3.8) is 0 Å². The first kappa shape index (κ1) is 18.6. The molecule has 0 atom stereocenters. The molecule has 0 fully saturated rings. The molecule has 0 saturated heterocycles. The molecule has 2 aromatic rings. The number of hydrogen-bond donors (Lipinski definition) is 2. The number of hydrogen-bond acceptors (Lipinski definition) is 4. The second-order valence-electron chi connectivity index (χ2n) is 6.51. The average Bonchev–Trinajstić information content (AvgIpc) is 2.85. The molecule has 0 aliphatic carbocycles. The summed E-state index contributed by atoms with van der Waals surface area (Å²) in [5.41, 5.74) is 2.69. The highest BCUT2D eigenvalue weighted by molar-refractivity contribution is 9.10. The third-order valence-electron chi connectivity index (χ3n) is 3.93. The van der Waals surface area contributed by atoms with E-state index < -0.39 is 0 Å². The van der Waals surface area contributed by atoms with Crippen molar-refractivity contribution in [3.05, 3.63) is 52.0 Å². The fourth-order valence-corrected chi connectivity index (χ4v) is 3.28. The van der Waals surface area contributed by atoms with E-state index >= 15 is 0 Å². The van der Waals surface area contributed by atoms with Crippen molar-refractivity contribution in [2.24, 2.45) is 0 Å². The van der Waals surface area contributed by atoms with Crippen molar-refractivity contribution < 1.29 is 14.3 Å². The summed E-state index contributed by atoms with van der Waals surface area (Å²) in [5, 5.41) is 6.25. The van der Waals surface area contributed by atoms with Crippen LogP contribution in [0.1, 0.15) is 36.2 Å². The molecule has 26 heavy (non-hydrogen) atoms. The summed E-state index contributed by atoms with van der Waals surface area (Å²) in [6.45, 7) is 5.87. The largest absolute Gasteiger partial charge is 0.490 e. The topological polar surface area (TPSA) is 59.6 Å². The monoisotopic (exact) mass is 418 g/mol. The summed E-state index contributed by atoms with van der Waals surface area (Å²) in [5.74, 6) is 1.49. The van der Waals surface area contributed by atoms with E-state index in [1.165, 1.54) is 0 Å². The quantitative estimate of drug-likeness (QED) is 0.756. The molecule has 0 unspecified atom stereocenters. The highest BCUT2D eigenvalue weighted by Gasteiger charge is 2.15. The van der Waals surface area contributed by atoms with Crippen LogP contribution < -0.4 is 20.1 Å². The van der Waals surface area contributed by atoms with E-state index in [0.29, 0.717) is 25.3 Å². The van der Waals surface area contributed by atoms with Gasteiger partial charge in [0.2, 0.25) is 0 Å². The minimum absolute atomic E-state index is 0.0571. The number of rotatable bonds is 5. The van der Waals surface area contributed by atoms with Crippen LogP contribution in [0.3, 0.4) is 0 Å². The number of anilines is 1. The van der Waals surface area contributed by atoms with Crippen LogP contribution in [-0.4, -0.2) is 25.2 Å². The number of amides is 1. The summed E-state index contributed by atoms with van der Waals surface area (Å²) < 4.78 is 12.4. The van der Waals surface area contributed by atoms with Crippen molar-refractivity contribution in [2.45, 2.75) is 32.9 Å². The maximum Gasteiger partial charge on any atom is 0.251 e. The lowest BCUT2D eigenvalue weighted by Gasteiger charge is -2.13. The fraction of sp³-hybridized carbons (Fsp3) is 0.350. The van der Waals surface area contributed by atoms with Gasteiger partial charge in [0.05, 0.1) is 17.7 Å². The zero-order valence-electron chi connectivity index (χ0n) is 15.0. The fourth-order valence-electron chi connectivity index (χ4n) is 2.68. The highest BCUT2D eigenvalue weighted by atomic mass is 79.9. The van der Waals surface area contributed by atoms with Gasteiger partial charge in [0.15, 0.2) is 11.5 Å². The smallest absolute Gasteiger partial charge is 0.251 e. The molecule has 1 amide bonds. The minimum Gasteiger partial charge on any atom is -0.490 e. The molecule has 3 rings (SSSR count). The van der Waals surface area contributed by atoms with Crippen LogP contribution in [0.4, 0.5) is 5.69 Å². The van der Waals surface area contributed by atoms with Gasteiger partial charge < -0.3 is 20.1 Å². The van der Waals surface area contributed by atoms with Gasteiger partial charge in [-0.1, -0.05) is 0 Å². The molecule has 2 N–H and O–H groups in total. The van der Waals surface area contributed by atoms with E-state index in [4.69, 9.17) is 9.47 Å². The molecule has 0 saturated carbocycles. The Morgan fingerprint density at radius 3 is 2.62 bits per heavy atom. The van der Waals surface area contributed by atoms with E-state index in [9.17, 15) is 4.79 Å². The van der Waals surface area contributed by atoms with Gasteiger partial charge in [-0.2, -0.15) is 0 Å². The first-order chi connectivity index (χ1) is 12.5. The van der Waals surface area contributed by atoms with Crippen molar-refractivity contribution in [1.82, 2.24) is 5.32 Å². The van der Waals surface area contributed by atoms with Gasteiger partial charge in [-0.15, -0.1) is 0 Å².